The van der Waals surface area contributed by atoms with E-state index in [9.17, 15) is 4.79 Å². The van der Waals surface area contributed by atoms with E-state index >= 15 is 0 Å². The molecule has 10 heteroatoms. The maximum atomic E-state index is 12.3. The number of hydrogen-bond acceptors (Lipinski definition) is 5. The number of methoxy groups -OCH3 is 1. The second kappa shape index (κ2) is 11.2. The minimum Gasteiger partial charge on any atom is -0.475 e. The smallest absolute Gasteiger partial charge is 0.252 e. The molecule has 2 heterocycles. The Hall–Kier alpha value is -0.500. The normalized spacial score (nSPS) is 15.6. The first-order valence-electron chi connectivity index (χ1n) is 7.05. The van der Waals surface area contributed by atoms with E-state index in [0.717, 1.165) is 13.1 Å². The number of carbonyl (C=O) groups excluding carboxylic acids is 1. The van der Waals surface area contributed by atoms with Crippen molar-refractivity contribution in [3.63, 3.8) is 0 Å². The number of piperidine rings is 1. The van der Waals surface area contributed by atoms with Gasteiger partial charge in [-0.05, 0) is 32.0 Å². The average Bonchev–Trinajstić information content (AvgIpc) is 2.53. The summed E-state index contributed by atoms with van der Waals surface area (Å²) in [5.41, 5.74) is -0.749. The molecule has 1 saturated heterocycles. The summed E-state index contributed by atoms with van der Waals surface area (Å²) in [6.45, 7) is 2.14. The first kappa shape index (κ1) is 23.5. The van der Waals surface area contributed by atoms with Gasteiger partial charge >= 0.3 is 0 Å². The van der Waals surface area contributed by atoms with Gasteiger partial charge in [0.05, 0.1) is 11.6 Å². The van der Waals surface area contributed by atoms with Crippen molar-refractivity contribution < 1.29 is 14.3 Å². The summed E-state index contributed by atoms with van der Waals surface area (Å²) in [7, 11) is 1.57. The van der Waals surface area contributed by atoms with E-state index in [0.29, 0.717) is 35.3 Å². The predicted octanol–water partition coefficient (Wildman–Crippen LogP) is 2.50. The molecule has 138 valence electrons. The molecule has 6 nitrogen and oxygen atoms in total. The van der Waals surface area contributed by atoms with Crippen molar-refractivity contribution in [3.8, 4) is 5.88 Å². The fourth-order valence-corrected chi connectivity index (χ4v) is 2.77. The van der Waals surface area contributed by atoms with Crippen LogP contribution < -0.4 is 15.4 Å². The molecule has 0 unspecified atom stereocenters. The molecule has 0 aliphatic carbocycles. The molecule has 2 rings (SSSR count). The zero-order valence-electron chi connectivity index (χ0n) is 13.1. The standard InChI is InChI=1S/C14H19Cl2N3O3.2ClH/c1-21-14(2-4-17-5-3-14)13(20)18-6-7-22-12-11(16)8-10(15)9-19-12;;/h8-9,17H,2-7H2,1H3,(H,18,20);2*1H. The van der Waals surface area contributed by atoms with Crippen molar-refractivity contribution in [3.05, 3.63) is 22.3 Å². The Morgan fingerprint density at radius 1 is 1.38 bits per heavy atom. The highest BCUT2D eigenvalue weighted by molar-refractivity contribution is 6.35. The summed E-state index contributed by atoms with van der Waals surface area (Å²) in [4.78, 5) is 16.3. The zero-order valence-corrected chi connectivity index (χ0v) is 16.3. The third kappa shape index (κ3) is 6.10. The number of rotatable bonds is 6. The average molecular weight is 421 g/mol. The van der Waals surface area contributed by atoms with Crippen LogP contribution in [0.1, 0.15) is 12.8 Å². The van der Waals surface area contributed by atoms with Crippen LogP contribution in [0.2, 0.25) is 10.0 Å². The van der Waals surface area contributed by atoms with Crippen molar-refractivity contribution in [2.45, 2.75) is 18.4 Å². The van der Waals surface area contributed by atoms with Crippen LogP contribution in [0.15, 0.2) is 12.3 Å². The van der Waals surface area contributed by atoms with E-state index in [1.807, 2.05) is 0 Å². The Bertz CT molecular complexity index is 528. The molecule has 1 aromatic rings. The molecule has 1 aliphatic heterocycles. The van der Waals surface area contributed by atoms with E-state index in [4.69, 9.17) is 32.7 Å². The molecular weight excluding hydrogens is 400 g/mol. The summed E-state index contributed by atoms with van der Waals surface area (Å²) >= 11 is 11.7. The second-order valence-electron chi connectivity index (χ2n) is 4.99. The molecule has 24 heavy (non-hydrogen) atoms. The molecule has 1 aromatic heterocycles. The molecular formula is C14H21Cl4N3O3. The van der Waals surface area contributed by atoms with E-state index in [-0.39, 0.29) is 37.3 Å². The van der Waals surface area contributed by atoms with Gasteiger partial charge in [-0.2, -0.15) is 0 Å². The Labute approximate surface area is 163 Å². The van der Waals surface area contributed by atoms with Crippen LogP contribution in [0.4, 0.5) is 0 Å². The Balaban J connectivity index is 0.00000264. The van der Waals surface area contributed by atoms with E-state index in [2.05, 4.69) is 15.6 Å². The number of nitrogens with one attached hydrogen (secondary N) is 2. The summed E-state index contributed by atoms with van der Waals surface area (Å²) < 4.78 is 10.9. The first-order chi connectivity index (χ1) is 10.6. The van der Waals surface area contributed by atoms with Gasteiger partial charge in [0.2, 0.25) is 5.88 Å². The minimum atomic E-state index is -0.749. The number of pyridine rings is 1. The molecule has 0 atom stereocenters. The third-order valence-electron chi connectivity index (χ3n) is 3.62. The summed E-state index contributed by atoms with van der Waals surface area (Å²) in [6, 6.07) is 1.55. The number of aromatic nitrogens is 1. The van der Waals surface area contributed by atoms with Crippen LogP contribution in [0.5, 0.6) is 5.88 Å². The van der Waals surface area contributed by atoms with Gasteiger partial charge < -0.3 is 20.1 Å². The lowest BCUT2D eigenvalue weighted by atomic mass is 9.91. The van der Waals surface area contributed by atoms with Gasteiger partial charge in [0.15, 0.2) is 0 Å². The van der Waals surface area contributed by atoms with Gasteiger partial charge in [-0.25, -0.2) is 4.98 Å². The fraction of sp³-hybridized carbons (Fsp3) is 0.571. The number of amides is 1. The van der Waals surface area contributed by atoms with Gasteiger partial charge in [-0.1, -0.05) is 23.2 Å². The largest absolute Gasteiger partial charge is 0.475 e. The fourth-order valence-electron chi connectivity index (χ4n) is 2.34. The van der Waals surface area contributed by atoms with Gasteiger partial charge in [0, 0.05) is 13.3 Å². The maximum Gasteiger partial charge on any atom is 0.252 e. The molecule has 1 aliphatic rings. The van der Waals surface area contributed by atoms with Crippen molar-refractivity contribution in [1.29, 1.82) is 0 Å². The number of hydrogen-bond donors (Lipinski definition) is 2. The number of carbonyl (C=O) groups is 1. The predicted molar refractivity (Wildman–Crippen MR) is 99.1 cm³/mol. The lowest BCUT2D eigenvalue weighted by Crippen LogP contribution is -2.54. The maximum absolute atomic E-state index is 12.3. The lowest BCUT2D eigenvalue weighted by molar-refractivity contribution is -0.146. The highest BCUT2D eigenvalue weighted by atomic mass is 35.5. The molecule has 0 bridgehead atoms. The van der Waals surface area contributed by atoms with Gasteiger partial charge in [-0.3, -0.25) is 4.79 Å². The van der Waals surface area contributed by atoms with Gasteiger partial charge in [0.1, 0.15) is 17.2 Å². The molecule has 0 radical (unpaired) electrons. The highest BCUT2D eigenvalue weighted by Gasteiger charge is 2.39. The summed E-state index contributed by atoms with van der Waals surface area (Å²) in [6.07, 6.45) is 2.76. The molecule has 0 saturated carbocycles. The van der Waals surface area contributed by atoms with E-state index in [1.54, 1.807) is 13.2 Å². The van der Waals surface area contributed by atoms with Crippen LogP contribution in [0.25, 0.3) is 0 Å². The zero-order chi connectivity index (χ0) is 16.0. The van der Waals surface area contributed by atoms with Crippen molar-refractivity contribution in [1.82, 2.24) is 15.6 Å². The van der Waals surface area contributed by atoms with Crippen LogP contribution in [0.3, 0.4) is 0 Å². The number of nitrogens with zero attached hydrogens (tertiary/aromatic N) is 1. The SMILES string of the molecule is COC1(C(=O)NCCOc2ncc(Cl)cc2Cl)CCNCC1.Cl.Cl. The molecule has 1 fully saturated rings. The Morgan fingerprint density at radius 3 is 2.62 bits per heavy atom. The monoisotopic (exact) mass is 419 g/mol. The van der Waals surface area contributed by atoms with Crippen LogP contribution in [0, 0.1) is 0 Å². The van der Waals surface area contributed by atoms with Gasteiger partial charge in [0.25, 0.3) is 5.91 Å². The van der Waals surface area contributed by atoms with Crippen LogP contribution in [-0.2, 0) is 9.53 Å². The van der Waals surface area contributed by atoms with Crippen molar-refractivity contribution in [2.75, 3.05) is 33.4 Å². The van der Waals surface area contributed by atoms with Crippen LogP contribution >= 0.6 is 48.0 Å². The quantitative estimate of drug-likeness (QED) is 0.691. The number of halogens is 4. The van der Waals surface area contributed by atoms with Crippen molar-refractivity contribution in [2.24, 2.45) is 0 Å². The lowest BCUT2D eigenvalue weighted by Gasteiger charge is -2.34. The highest BCUT2D eigenvalue weighted by Crippen LogP contribution is 2.24. The second-order valence-corrected chi connectivity index (χ2v) is 5.84. The van der Waals surface area contributed by atoms with E-state index in [1.165, 1.54) is 6.20 Å². The topological polar surface area (TPSA) is 72.5 Å². The number of ether oxygens (including phenoxy) is 2. The summed E-state index contributed by atoms with van der Waals surface area (Å²) in [5, 5.41) is 6.82. The summed E-state index contributed by atoms with van der Waals surface area (Å²) in [5.74, 6) is 0.180. The molecule has 0 spiro atoms. The Morgan fingerprint density at radius 2 is 2.04 bits per heavy atom. The molecule has 1 amide bonds. The first-order valence-corrected chi connectivity index (χ1v) is 7.81. The molecule has 0 aromatic carbocycles. The van der Waals surface area contributed by atoms with E-state index < -0.39 is 5.60 Å². The Kier molecular flexibility index (Phi) is 10.9. The van der Waals surface area contributed by atoms with Crippen molar-refractivity contribution >= 4 is 53.9 Å². The molecule has 2 N–H and O–H groups in total. The minimum absolute atomic E-state index is 0. The van der Waals surface area contributed by atoms with Crippen LogP contribution in [-0.4, -0.2) is 49.8 Å². The third-order valence-corrected chi connectivity index (χ3v) is 4.09. The van der Waals surface area contributed by atoms with Gasteiger partial charge in [-0.15, -0.1) is 24.8 Å².